The van der Waals surface area contributed by atoms with Crippen molar-refractivity contribution in [2.75, 3.05) is 17.2 Å². The van der Waals surface area contributed by atoms with Crippen molar-refractivity contribution < 1.29 is 8.42 Å². The summed E-state index contributed by atoms with van der Waals surface area (Å²) in [4.78, 5) is 6.26. The van der Waals surface area contributed by atoms with Crippen LogP contribution in [0.3, 0.4) is 0 Å². The summed E-state index contributed by atoms with van der Waals surface area (Å²) in [5, 5.41) is 5.28. The second-order valence-electron chi connectivity index (χ2n) is 4.73. The number of aromatic nitrogens is 2. The summed E-state index contributed by atoms with van der Waals surface area (Å²) in [6.07, 6.45) is 3.65. The molecular weight excluding hydrogens is 278 g/mol. The third kappa shape index (κ3) is 2.23. The summed E-state index contributed by atoms with van der Waals surface area (Å²) < 4.78 is 25.5. The number of hydrogen-bond acceptors (Lipinski definition) is 5. The minimum Gasteiger partial charge on any atom is -0.399 e. The molecule has 4 N–H and O–H groups in total. The van der Waals surface area contributed by atoms with E-state index in [-0.39, 0.29) is 4.90 Å². The third-order valence-corrected chi connectivity index (χ3v) is 4.32. The number of anilines is 2. The second kappa shape index (κ2) is 4.50. The van der Waals surface area contributed by atoms with Crippen LogP contribution in [0.25, 0.3) is 0 Å². The van der Waals surface area contributed by atoms with E-state index in [1.54, 1.807) is 18.3 Å². The topological polar surface area (TPSA) is 107 Å². The largest absolute Gasteiger partial charge is 0.399 e. The molecule has 0 saturated heterocycles. The number of fused-ring (bicyclic) bond motifs is 1. The first-order valence-corrected chi connectivity index (χ1v) is 7.67. The first kappa shape index (κ1) is 12.9. The van der Waals surface area contributed by atoms with E-state index < -0.39 is 10.0 Å². The lowest BCUT2D eigenvalue weighted by Crippen LogP contribution is -2.34. The van der Waals surface area contributed by atoms with Gasteiger partial charge in [0.2, 0.25) is 10.0 Å². The Bertz CT molecular complexity index is 753. The molecule has 0 unspecified atom stereocenters. The molecule has 0 atom stereocenters. The summed E-state index contributed by atoms with van der Waals surface area (Å²) in [6, 6.07) is 4.75. The molecule has 0 aliphatic carbocycles. The van der Waals surface area contributed by atoms with Crippen LogP contribution in [-0.4, -0.2) is 24.5 Å². The van der Waals surface area contributed by atoms with Crippen molar-refractivity contribution in [1.29, 1.82) is 0 Å². The van der Waals surface area contributed by atoms with E-state index in [2.05, 4.69) is 4.98 Å². The molecule has 7 nitrogen and oxygen atoms in total. The maximum Gasteiger partial charge on any atom is 0.240 e. The van der Waals surface area contributed by atoms with Crippen LogP contribution in [0, 0.1) is 0 Å². The first-order valence-electron chi connectivity index (χ1n) is 6.12. The molecule has 1 aromatic carbocycles. The zero-order valence-corrected chi connectivity index (χ0v) is 11.5. The van der Waals surface area contributed by atoms with Gasteiger partial charge in [-0.15, -0.1) is 0 Å². The van der Waals surface area contributed by atoms with Crippen LogP contribution in [0.5, 0.6) is 0 Å². The fraction of sp³-hybridized carbons (Fsp3) is 0.250. The lowest BCUT2D eigenvalue weighted by molar-refractivity contribution is 0.555. The van der Waals surface area contributed by atoms with Gasteiger partial charge in [0.1, 0.15) is 10.7 Å². The van der Waals surface area contributed by atoms with Gasteiger partial charge in [0.05, 0.1) is 12.2 Å². The number of benzene rings is 1. The lowest BCUT2D eigenvalue weighted by atomic mass is 10.2. The Balaban J connectivity index is 2.04. The van der Waals surface area contributed by atoms with Gasteiger partial charge in [-0.1, -0.05) is 0 Å². The van der Waals surface area contributed by atoms with Gasteiger partial charge in [-0.25, -0.2) is 18.5 Å². The highest BCUT2D eigenvalue weighted by Crippen LogP contribution is 2.29. The van der Waals surface area contributed by atoms with Crippen molar-refractivity contribution in [2.24, 2.45) is 5.14 Å². The van der Waals surface area contributed by atoms with Gasteiger partial charge in [-0.2, -0.15) is 0 Å². The Morgan fingerprint density at radius 3 is 2.80 bits per heavy atom. The molecule has 1 aliphatic heterocycles. The molecule has 0 amide bonds. The molecule has 2 heterocycles. The molecule has 1 aromatic heterocycles. The SMILES string of the molecule is Nc1ccc(N2CCn3ccnc3C2)c(S(N)(=O)=O)c1. The van der Waals surface area contributed by atoms with Crippen molar-refractivity contribution in [3.05, 3.63) is 36.4 Å². The van der Waals surface area contributed by atoms with E-state index in [9.17, 15) is 8.42 Å². The predicted molar refractivity (Wildman–Crippen MR) is 75.5 cm³/mol. The number of sulfonamides is 1. The van der Waals surface area contributed by atoms with Gasteiger partial charge in [0, 0.05) is 31.2 Å². The molecule has 8 heteroatoms. The molecule has 2 aromatic rings. The minimum atomic E-state index is -3.82. The van der Waals surface area contributed by atoms with E-state index >= 15 is 0 Å². The monoisotopic (exact) mass is 293 g/mol. The van der Waals surface area contributed by atoms with Gasteiger partial charge in [0.15, 0.2) is 0 Å². The van der Waals surface area contributed by atoms with Crippen molar-refractivity contribution in [1.82, 2.24) is 9.55 Å². The van der Waals surface area contributed by atoms with E-state index in [1.165, 1.54) is 6.07 Å². The first-order chi connectivity index (χ1) is 9.45. The average molecular weight is 293 g/mol. The second-order valence-corrected chi connectivity index (χ2v) is 6.26. The number of nitrogens with zero attached hydrogens (tertiary/aromatic N) is 3. The Morgan fingerprint density at radius 1 is 1.25 bits per heavy atom. The highest BCUT2D eigenvalue weighted by Gasteiger charge is 2.23. The summed E-state index contributed by atoms with van der Waals surface area (Å²) in [5.74, 6) is 0.897. The van der Waals surface area contributed by atoms with Gasteiger partial charge < -0.3 is 15.2 Å². The average Bonchev–Trinajstić information content (AvgIpc) is 2.84. The van der Waals surface area contributed by atoms with Crippen molar-refractivity contribution in [3.8, 4) is 0 Å². The van der Waals surface area contributed by atoms with Crippen molar-refractivity contribution in [2.45, 2.75) is 18.0 Å². The number of primary sulfonamides is 1. The molecule has 3 rings (SSSR count). The fourth-order valence-electron chi connectivity index (χ4n) is 2.40. The quantitative estimate of drug-likeness (QED) is 0.765. The number of nitrogen functional groups attached to an aromatic ring is 1. The number of nitrogens with two attached hydrogens (primary N) is 2. The molecule has 106 valence electrons. The third-order valence-electron chi connectivity index (χ3n) is 3.38. The summed E-state index contributed by atoms with van der Waals surface area (Å²) in [5.41, 5.74) is 6.60. The molecule has 1 aliphatic rings. The normalized spacial score (nSPS) is 15.2. The van der Waals surface area contributed by atoms with Crippen LogP contribution in [0.1, 0.15) is 5.82 Å². The van der Waals surface area contributed by atoms with E-state index in [0.29, 0.717) is 24.5 Å². The van der Waals surface area contributed by atoms with Gasteiger partial charge in [0.25, 0.3) is 0 Å². The number of rotatable bonds is 2. The Hall–Kier alpha value is -2.06. The van der Waals surface area contributed by atoms with Crippen LogP contribution >= 0.6 is 0 Å². The highest BCUT2D eigenvalue weighted by atomic mass is 32.2. The molecule has 0 fully saturated rings. The van der Waals surface area contributed by atoms with E-state index in [1.807, 2.05) is 15.7 Å². The van der Waals surface area contributed by atoms with Gasteiger partial charge in [-0.3, -0.25) is 0 Å². The lowest BCUT2D eigenvalue weighted by Gasteiger charge is -2.30. The Kier molecular flexibility index (Phi) is 2.91. The molecular formula is C12H15N5O2S. The maximum absolute atomic E-state index is 11.7. The van der Waals surface area contributed by atoms with Crippen LogP contribution in [0.4, 0.5) is 11.4 Å². The molecule has 20 heavy (non-hydrogen) atoms. The smallest absolute Gasteiger partial charge is 0.240 e. The zero-order chi connectivity index (χ0) is 14.3. The number of hydrogen-bond donors (Lipinski definition) is 2. The van der Waals surface area contributed by atoms with Crippen LogP contribution < -0.4 is 15.8 Å². The summed E-state index contributed by atoms with van der Waals surface area (Å²) >= 11 is 0. The zero-order valence-electron chi connectivity index (χ0n) is 10.7. The van der Waals surface area contributed by atoms with E-state index in [4.69, 9.17) is 10.9 Å². The minimum absolute atomic E-state index is 0.0532. The molecule has 0 radical (unpaired) electrons. The molecule has 0 spiro atoms. The molecule has 0 bridgehead atoms. The van der Waals surface area contributed by atoms with Crippen LogP contribution in [0.2, 0.25) is 0 Å². The van der Waals surface area contributed by atoms with Crippen molar-refractivity contribution in [3.63, 3.8) is 0 Å². The van der Waals surface area contributed by atoms with Gasteiger partial charge >= 0.3 is 0 Å². The Morgan fingerprint density at radius 2 is 2.05 bits per heavy atom. The summed E-state index contributed by atoms with van der Waals surface area (Å²) in [7, 11) is -3.82. The van der Waals surface area contributed by atoms with Crippen LogP contribution in [0.15, 0.2) is 35.5 Å². The Labute approximate surface area is 116 Å². The standard InChI is InChI=1S/C12H15N5O2S/c13-9-1-2-10(11(7-9)20(14,18)19)17-6-5-16-4-3-15-12(16)8-17/h1-4,7H,5-6,8,13H2,(H2,14,18,19). The van der Waals surface area contributed by atoms with Crippen LogP contribution in [-0.2, 0) is 23.1 Å². The predicted octanol–water partition coefficient (Wildman–Crippen LogP) is 0.133. The fourth-order valence-corrected chi connectivity index (χ4v) is 3.19. The van der Waals surface area contributed by atoms with E-state index in [0.717, 1.165) is 12.4 Å². The van der Waals surface area contributed by atoms with Gasteiger partial charge in [-0.05, 0) is 18.2 Å². The summed E-state index contributed by atoms with van der Waals surface area (Å²) in [6.45, 7) is 1.99. The highest BCUT2D eigenvalue weighted by molar-refractivity contribution is 7.89. The number of imidazole rings is 1. The molecule has 0 saturated carbocycles. The van der Waals surface area contributed by atoms with Crippen molar-refractivity contribution >= 4 is 21.4 Å². The maximum atomic E-state index is 11.7.